The molecule has 0 N–H and O–H groups in total. The van der Waals surface area contributed by atoms with Crippen molar-refractivity contribution in [2.75, 3.05) is 7.05 Å². The molecule has 0 saturated carbocycles. The fourth-order valence-corrected chi connectivity index (χ4v) is 2.97. The van der Waals surface area contributed by atoms with Crippen LogP contribution in [0.4, 0.5) is 0 Å². The molecule has 0 spiro atoms. The van der Waals surface area contributed by atoms with E-state index in [4.69, 9.17) is 16.0 Å². The molecule has 0 bridgehead atoms. The van der Waals surface area contributed by atoms with Crippen LogP contribution < -0.4 is 0 Å². The van der Waals surface area contributed by atoms with E-state index < -0.39 is 10.0 Å². The van der Waals surface area contributed by atoms with E-state index in [9.17, 15) is 8.42 Å². The lowest BCUT2D eigenvalue weighted by Crippen LogP contribution is -2.26. The van der Waals surface area contributed by atoms with Crippen LogP contribution in [0.5, 0.6) is 0 Å². The maximum Gasteiger partial charge on any atom is 0.244 e. The third-order valence-corrected chi connectivity index (χ3v) is 4.85. The maximum atomic E-state index is 12.2. The molecule has 102 valence electrons. The van der Waals surface area contributed by atoms with Crippen molar-refractivity contribution in [1.29, 1.82) is 0 Å². The molecule has 0 saturated heterocycles. The number of sulfonamides is 1. The Hall–Kier alpha value is -0.890. The minimum atomic E-state index is -3.61. The van der Waals surface area contributed by atoms with Crippen molar-refractivity contribution in [3.63, 3.8) is 0 Å². The highest BCUT2D eigenvalue weighted by Crippen LogP contribution is 2.20. The summed E-state index contributed by atoms with van der Waals surface area (Å²) in [5.41, 5.74) is 0. The van der Waals surface area contributed by atoms with Gasteiger partial charge in [-0.3, -0.25) is 0 Å². The van der Waals surface area contributed by atoms with Crippen LogP contribution in [-0.4, -0.2) is 24.8 Å². The summed E-state index contributed by atoms with van der Waals surface area (Å²) < 4.78 is 31.5. The highest BCUT2D eigenvalue weighted by molar-refractivity contribution is 9.10. The third-order valence-electron chi connectivity index (χ3n) is 2.42. The molecule has 0 aliphatic heterocycles. The van der Waals surface area contributed by atoms with Crippen LogP contribution >= 0.6 is 27.5 Å². The van der Waals surface area contributed by atoms with E-state index in [1.165, 1.54) is 29.7 Å². The molecule has 0 unspecified atom stereocenters. The molecular weight excluding hydrogens is 356 g/mol. The van der Waals surface area contributed by atoms with Crippen molar-refractivity contribution in [3.8, 4) is 0 Å². The first-order chi connectivity index (χ1) is 8.89. The van der Waals surface area contributed by atoms with Crippen LogP contribution in [0, 0.1) is 0 Å². The van der Waals surface area contributed by atoms with Crippen LogP contribution in [0.15, 0.2) is 44.4 Å². The summed E-state index contributed by atoms with van der Waals surface area (Å²) in [6.45, 7) is 0.135. The summed E-state index contributed by atoms with van der Waals surface area (Å²) in [6.07, 6.45) is 1.23. The average Bonchev–Trinajstić information content (AvgIpc) is 2.75. The molecule has 0 radical (unpaired) electrons. The Morgan fingerprint density at radius 3 is 2.63 bits per heavy atom. The molecule has 19 heavy (non-hydrogen) atoms. The SMILES string of the molecule is CN(Cc1ccc(Br)o1)S(=O)(=O)c1ccc(Cl)nc1. The van der Waals surface area contributed by atoms with Gasteiger partial charge in [-0.15, -0.1) is 0 Å². The number of furan rings is 1. The Morgan fingerprint density at radius 2 is 2.11 bits per heavy atom. The zero-order valence-electron chi connectivity index (χ0n) is 9.88. The Bertz CT molecular complexity index is 670. The monoisotopic (exact) mass is 364 g/mol. The number of hydrogen-bond acceptors (Lipinski definition) is 4. The quantitative estimate of drug-likeness (QED) is 0.782. The van der Waals surface area contributed by atoms with Crippen LogP contribution in [0.25, 0.3) is 0 Å². The molecule has 2 rings (SSSR count). The van der Waals surface area contributed by atoms with E-state index in [0.717, 1.165) is 0 Å². The Morgan fingerprint density at radius 1 is 1.37 bits per heavy atom. The Labute approximate surface area is 124 Å². The number of pyridine rings is 1. The van der Waals surface area contributed by atoms with Crippen LogP contribution in [0.3, 0.4) is 0 Å². The van der Waals surface area contributed by atoms with Gasteiger partial charge in [-0.25, -0.2) is 13.4 Å². The fraction of sp³-hybridized carbons (Fsp3) is 0.182. The fourth-order valence-electron chi connectivity index (χ4n) is 1.44. The van der Waals surface area contributed by atoms with Crippen LogP contribution in [-0.2, 0) is 16.6 Å². The van der Waals surface area contributed by atoms with Crippen LogP contribution in [0.2, 0.25) is 5.15 Å². The van der Waals surface area contributed by atoms with Crippen molar-refractivity contribution < 1.29 is 12.8 Å². The number of nitrogens with zero attached hydrogens (tertiary/aromatic N) is 2. The van der Waals surface area contributed by atoms with Gasteiger partial charge < -0.3 is 4.42 Å². The topological polar surface area (TPSA) is 63.4 Å². The lowest BCUT2D eigenvalue weighted by Gasteiger charge is -2.15. The van der Waals surface area contributed by atoms with Crippen LogP contribution in [0.1, 0.15) is 5.76 Å². The zero-order valence-corrected chi connectivity index (χ0v) is 13.0. The van der Waals surface area contributed by atoms with E-state index >= 15 is 0 Å². The van der Waals surface area contributed by atoms with Gasteiger partial charge in [0.2, 0.25) is 10.0 Å². The highest BCUT2D eigenvalue weighted by atomic mass is 79.9. The lowest BCUT2D eigenvalue weighted by molar-refractivity contribution is 0.398. The molecule has 2 heterocycles. The number of hydrogen-bond donors (Lipinski definition) is 0. The lowest BCUT2D eigenvalue weighted by atomic mass is 10.4. The molecular formula is C11H10BrClN2O3S. The molecule has 5 nitrogen and oxygen atoms in total. The standard InChI is InChI=1S/C11H10BrClN2O3S/c1-15(7-8-2-4-10(12)18-8)19(16,17)9-3-5-11(13)14-6-9/h2-6H,7H2,1H3. The van der Waals surface area contributed by atoms with Crippen molar-refractivity contribution in [1.82, 2.24) is 9.29 Å². The van der Waals surface area contributed by atoms with E-state index in [1.54, 1.807) is 12.1 Å². The summed E-state index contributed by atoms with van der Waals surface area (Å²) in [6, 6.07) is 6.26. The average molecular weight is 366 g/mol. The first kappa shape index (κ1) is 14.5. The predicted octanol–water partition coefficient (Wildman–Crippen LogP) is 2.91. The van der Waals surface area contributed by atoms with Gasteiger partial charge in [-0.2, -0.15) is 4.31 Å². The molecule has 0 fully saturated rings. The molecule has 0 aliphatic rings. The number of halogens is 2. The molecule has 2 aromatic rings. The normalized spacial score (nSPS) is 12.0. The van der Waals surface area contributed by atoms with Gasteiger partial charge in [0.15, 0.2) is 4.67 Å². The number of aromatic nitrogens is 1. The Balaban J connectivity index is 2.21. The third kappa shape index (κ3) is 3.36. The van der Waals surface area contributed by atoms with E-state index in [2.05, 4.69) is 20.9 Å². The number of rotatable bonds is 4. The van der Waals surface area contributed by atoms with Gasteiger partial charge >= 0.3 is 0 Å². The summed E-state index contributed by atoms with van der Waals surface area (Å²) in [4.78, 5) is 3.86. The van der Waals surface area contributed by atoms with E-state index in [0.29, 0.717) is 10.4 Å². The van der Waals surface area contributed by atoms with Gasteiger partial charge in [-0.05, 0) is 40.2 Å². The molecule has 0 atom stereocenters. The molecule has 0 aliphatic carbocycles. The smallest absolute Gasteiger partial charge is 0.244 e. The molecule has 0 amide bonds. The summed E-state index contributed by atoms with van der Waals surface area (Å²) in [7, 11) is -2.14. The summed E-state index contributed by atoms with van der Waals surface area (Å²) in [5.74, 6) is 0.542. The second-order valence-electron chi connectivity index (χ2n) is 3.78. The van der Waals surface area contributed by atoms with Gasteiger partial charge in [-0.1, -0.05) is 11.6 Å². The second kappa shape index (κ2) is 5.62. The largest absolute Gasteiger partial charge is 0.453 e. The maximum absolute atomic E-state index is 12.2. The highest BCUT2D eigenvalue weighted by Gasteiger charge is 2.22. The summed E-state index contributed by atoms with van der Waals surface area (Å²) in [5, 5.41) is 0.247. The van der Waals surface area contributed by atoms with Gasteiger partial charge in [0.1, 0.15) is 15.8 Å². The van der Waals surface area contributed by atoms with Gasteiger partial charge in [0, 0.05) is 13.2 Å². The first-order valence-corrected chi connectivity index (χ1v) is 7.83. The van der Waals surface area contributed by atoms with Gasteiger partial charge in [0.05, 0.1) is 6.54 Å². The van der Waals surface area contributed by atoms with Crippen molar-refractivity contribution in [3.05, 3.63) is 46.0 Å². The first-order valence-electron chi connectivity index (χ1n) is 5.22. The predicted molar refractivity (Wildman–Crippen MR) is 74.3 cm³/mol. The minimum Gasteiger partial charge on any atom is -0.453 e. The minimum absolute atomic E-state index is 0.0880. The van der Waals surface area contributed by atoms with E-state index in [-0.39, 0.29) is 16.6 Å². The molecule has 0 aromatic carbocycles. The molecule has 8 heteroatoms. The van der Waals surface area contributed by atoms with Crippen molar-refractivity contribution in [2.24, 2.45) is 0 Å². The molecule has 2 aromatic heterocycles. The van der Waals surface area contributed by atoms with E-state index in [1.807, 2.05) is 0 Å². The summed E-state index contributed by atoms with van der Waals surface area (Å²) >= 11 is 8.80. The van der Waals surface area contributed by atoms with Crippen molar-refractivity contribution in [2.45, 2.75) is 11.4 Å². The van der Waals surface area contributed by atoms with Gasteiger partial charge in [0.25, 0.3) is 0 Å². The van der Waals surface area contributed by atoms with Crippen molar-refractivity contribution >= 4 is 37.6 Å². The second-order valence-corrected chi connectivity index (χ2v) is 7.00. The zero-order chi connectivity index (χ0) is 14.0. The Kier molecular flexibility index (Phi) is 4.29.